The van der Waals surface area contributed by atoms with Crippen LogP contribution in [-0.2, 0) is 16.0 Å². The highest BCUT2D eigenvalue weighted by Crippen LogP contribution is 2.27. The largest absolute Gasteiger partial charge is 0.478 e. The highest BCUT2D eigenvalue weighted by molar-refractivity contribution is 7.80. The molecule has 8 heteroatoms. The highest BCUT2D eigenvalue weighted by Gasteiger charge is 2.35. The van der Waals surface area contributed by atoms with Gasteiger partial charge in [0.15, 0.2) is 5.11 Å². The minimum atomic E-state index is -1.13. The molecule has 0 radical (unpaired) electrons. The van der Waals surface area contributed by atoms with Crippen LogP contribution in [0.2, 0.25) is 0 Å². The van der Waals surface area contributed by atoms with Gasteiger partial charge in [-0.25, -0.2) is 4.79 Å². The Balaban J connectivity index is 1.69. The van der Waals surface area contributed by atoms with E-state index in [1.807, 2.05) is 19.9 Å². The first-order chi connectivity index (χ1) is 17.2. The lowest BCUT2D eigenvalue weighted by Gasteiger charge is -2.29. The van der Waals surface area contributed by atoms with Gasteiger partial charge >= 0.3 is 5.97 Å². The van der Waals surface area contributed by atoms with Crippen molar-refractivity contribution in [2.24, 2.45) is 0 Å². The first-order valence-electron chi connectivity index (χ1n) is 11.7. The van der Waals surface area contributed by atoms with E-state index in [1.165, 1.54) is 23.8 Å². The van der Waals surface area contributed by atoms with Gasteiger partial charge in [0.2, 0.25) is 0 Å². The quantitative estimate of drug-likeness (QED) is 0.271. The van der Waals surface area contributed by atoms with Gasteiger partial charge in [0, 0.05) is 17.1 Å². The van der Waals surface area contributed by atoms with Crippen molar-refractivity contribution in [2.45, 2.75) is 40.0 Å². The number of carbonyl (C=O) groups excluding carboxylic acids is 2. The number of nitrogens with one attached hydrogen (secondary N) is 1. The zero-order chi connectivity index (χ0) is 26.0. The van der Waals surface area contributed by atoms with Crippen molar-refractivity contribution in [2.75, 3.05) is 4.90 Å². The maximum atomic E-state index is 13.4. The lowest BCUT2D eigenvalue weighted by Crippen LogP contribution is -2.54. The van der Waals surface area contributed by atoms with E-state index in [4.69, 9.17) is 12.2 Å². The van der Waals surface area contributed by atoms with Crippen LogP contribution in [0.5, 0.6) is 0 Å². The molecule has 1 aliphatic heterocycles. The number of anilines is 1. The molecule has 2 N–H and O–H groups in total. The molecule has 2 aromatic carbocycles. The number of thiocarbonyl (C=S) groups is 1. The molecule has 2 amide bonds. The molecule has 0 bridgehead atoms. The standard InChI is InChI=1S/C28H27N3O4S/c1-4-5-7-19-10-12-22(13-11-19)30-17(2)14-21(18(30)3)16-24-25(32)29-28(36)31(26(24)33)23-9-6-8-20(15-23)27(34)35/h6,8-16H,4-5,7H2,1-3H3,(H,34,35)(H,29,32,36). The number of aromatic carboxylic acids is 1. The number of rotatable bonds is 7. The maximum absolute atomic E-state index is 13.4. The van der Waals surface area contributed by atoms with Crippen LogP contribution in [0.3, 0.4) is 0 Å². The molecule has 1 fully saturated rings. The van der Waals surface area contributed by atoms with E-state index in [1.54, 1.807) is 12.1 Å². The number of aromatic nitrogens is 1. The fraction of sp³-hybridized carbons (Fsp3) is 0.214. The van der Waals surface area contributed by atoms with Crippen LogP contribution in [0.4, 0.5) is 5.69 Å². The van der Waals surface area contributed by atoms with E-state index >= 15 is 0 Å². The van der Waals surface area contributed by atoms with Gasteiger partial charge in [0.25, 0.3) is 11.8 Å². The van der Waals surface area contributed by atoms with Crippen LogP contribution >= 0.6 is 12.2 Å². The molecular formula is C28H27N3O4S. The number of hydrogen-bond acceptors (Lipinski definition) is 4. The van der Waals surface area contributed by atoms with Crippen molar-refractivity contribution in [3.8, 4) is 5.69 Å². The van der Waals surface area contributed by atoms with Crippen molar-refractivity contribution >= 4 is 46.9 Å². The molecular weight excluding hydrogens is 474 g/mol. The maximum Gasteiger partial charge on any atom is 0.335 e. The Bertz CT molecular complexity index is 1400. The van der Waals surface area contributed by atoms with Crippen LogP contribution in [0.15, 0.2) is 60.2 Å². The van der Waals surface area contributed by atoms with Gasteiger partial charge in [-0.3, -0.25) is 19.8 Å². The molecule has 4 rings (SSSR count). The van der Waals surface area contributed by atoms with Gasteiger partial charge in [-0.05, 0) is 92.5 Å². The number of unbranched alkanes of at least 4 members (excludes halogenated alkanes) is 1. The molecule has 7 nitrogen and oxygen atoms in total. The molecule has 1 aliphatic rings. The molecule has 0 aliphatic carbocycles. The number of carboxylic acids is 1. The summed E-state index contributed by atoms with van der Waals surface area (Å²) < 4.78 is 2.08. The molecule has 0 atom stereocenters. The number of carbonyl (C=O) groups is 3. The van der Waals surface area contributed by atoms with Crippen LogP contribution in [0.1, 0.15) is 52.6 Å². The molecule has 0 spiro atoms. The fourth-order valence-electron chi connectivity index (χ4n) is 4.35. The molecule has 1 saturated heterocycles. The Labute approximate surface area is 215 Å². The summed E-state index contributed by atoms with van der Waals surface area (Å²) in [6.45, 7) is 6.09. The topological polar surface area (TPSA) is 91.6 Å². The summed E-state index contributed by atoms with van der Waals surface area (Å²) in [7, 11) is 0. The smallest absolute Gasteiger partial charge is 0.335 e. The average molecular weight is 502 g/mol. The van der Waals surface area contributed by atoms with Gasteiger partial charge in [-0.1, -0.05) is 31.5 Å². The second kappa shape index (κ2) is 10.3. The summed E-state index contributed by atoms with van der Waals surface area (Å²) in [5.74, 6) is -2.34. The van der Waals surface area contributed by atoms with E-state index in [2.05, 4.69) is 41.1 Å². The molecule has 0 saturated carbocycles. The third-order valence-corrected chi connectivity index (χ3v) is 6.52. The lowest BCUT2D eigenvalue weighted by atomic mass is 10.1. The second-order valence-electron chi connectivity index (χ2n) is 8.75. The molecule has 2 heterocycles. The van der Waals surface area contributed by atoms with Crippen LogP contribution in [0, 0.1) is 13.8 Å². The fourth-order valence-corrected chi connectivity index (χ4v) is 4.63. The number of hydrogen-bond donors (Lipinski definition) is 2. The van der Waals surface area contributed by atoms with E-state index in [0.717, 1.165) is 46.8 Å². The average Bonchev–Trinajstić information content (AvgIpc) is 3.13. The van der Waals surface area contributed by atoms with Crippen LogP contribution in [0.25, 0.3) is 11.8 Å². The first kappa shape index (κ1) is 25.1. The Morgan fingerprint density at radius 2 is 1.78 bits per heavy atom. The number of aryl methyl sites for hydroxylation is 2. The predicted octanol–water partition coefficient (Wildman–Crippen LogP) is 4.97. The van der Waals surface area contributed by atoms with Crippen molar-refractivity contribution < 1.29 is 19.5 Å². The zero-order valence-corrected chi connectivity index (χ0v) is 21.2. The molecule has 36 heavy (non-hydrogen) atoms. The zero-order valence-electron chi connectivity index (χ0n) is 20.4. The van der Waals surface area contributed by atoms with E-state index < -0.39 is 17.8 Å². The van der Waals surface area contributed by atoms with Crippen LogP contribution in [-0.4, -0.2) is 32.6 Å². The second-order valence-corrected chi connectivity index (χ2v) is 9.13. The first-order valence-corrected chi connectivity index (χ1v) is 12.1. The summed E-state index contributed by atoms with van der Waals surface area (Å²) >= 11 is 5.24. The van der Waals surface area contributed by atoms with Gasteiger partial charge < -0.3 is 9.67 Å². The summed E-state index contributed by atoms with van der Waals surface area (Å²) in [6, 6.07) is 16.2. The van der Waals surface area contributed by atoms with Gasteiger partial charge in [-0.15, -0.1) is 0 Å². The number of benzene rings is 2. The van der Waals surface area contributed by atoms with E-state index in [-0.39, 0.29) is 21.9 Å². The van der Waals surface area contributed by atoms with Gasteiger partial charge in [0.05, 0.1) is 11.3 Å². The van der Waals surface area contributed by atoms with Crippen molar-refractivity contribution in [3.05, 3.63) is 88.2 Å². The van der Waals surface area contributed by atoms with Crippen molar-refractivity contribution in [1.82, 2.24) is 9.88 Å². The molecule has 0 unspecified atom stereocenters. The minimum absolute atomic E-state index is 0.00906. The van der Waals surface area contributed by atoms with Gasteiger partial charge in [0.1, 0.15) is 5.57 Å². The normalized spacial score (nSPS) is 14.9. The summed E-state index contributed by atoms with van der Waals surface area (Å²) in [5, 5.41) is 11.8. The summed E-state index contributed by atoms with van der Waals surface area (Å²) in [6.07, 6.45) is 4.90. The van der Waals surface area contributed by atoms with E-state index in [0.29, 0.717) is 0 Å². The Morgan fingerprint density at radius 3 is 2.44 bits per heavy atom. The number of nitrogens with zero attached hydrogens (tertiary/aromatic N) is 2. The summed E-state index contributed by atoms with van der Waals surface area (Å²) in [5.41, 5.74) is 5.06. The lowest BCUT2D eigenvalue weighted by molar-refractivity contribution is -0.122. The Kier molecular flexibility index (Phi) is 7.17. The number of carboxylic acid groups (broad SMARTS) is 1. The number of amides is 2. The monoisotopic (exact) mass is 501 g/mol. The molecule has 1 aromatic heterocycles. The Morgan fingerprint density at radius 1 is 1.06 bits per heavy atom. The minimum Gasteiger partial charge on any atom is -0.478 e. The third-order valence-electron chi connectivity index (χ3n) is 6.24. The predicted molar refractivity (Wildman–Crippen MR) is 143 cm³/mol. The molecule has 184 valence electrons. The SMILES string of the molecule is CCCCc1ccc(-n2c(C)cc(C=C3C(=O)NC(=S)N(c4cccc(C(=O)O)c4)C3=O)c2C)cc1. The van der Waals surface area contributed by atoms with Crippen molar-refractivity contribution in [3.63, 3.8) is 0 Å². The molecule has 3 aromatic rings. The van der Waals surface area contributed by atoms with Gasteiger partial charge in [-0.2, -0.15) is 0 Å². The van der Waals surface area contributed by atoms with Crippen molar-refractivity contribution in [1.29, 1.82) is 0 Å². The van der Waals surface area contributed by atoms with Crippen LogP contribution < -0.4 is 10.2 Å². The summed E-state index contributed by atoms with van der Waals surface area (Å²) in [4.78, 5) is 38.7. The highest BCUT2D eigenvalue weighted by atomic mass is 32.1. The third kappa shape index (κ3) is 4.85. The van der Waals surface area contributed by atoms with E-state index in [9.17, 15) is 19.5 Å². The Hall–Kier alpha value is -4.04.